The topological polar surface area (TPSA) is 92.3 Å². The Morgan fingerprint density at radius 2 is 2.05 bits per heavy atom. The van der Waals surface area contributed by atoms with Crippen molar-refractivity contribution >= 4 is 5.97 Å². The molecule has 0 aliphatic rings. The molecule has 104 valence electrons. The largest absolute Gasteiger partial charge is 0.494 e. The standard InChI is InChI=1S/C14H14N2O4/c1-2-7-20-10-5-3-9(4-6-10)12-8-11(14(18)19)13(17)16-15-12/h3-6,8H,2,7H2,1H3,(H,16,17)(H,18,19). The molecule has 0 amide bonds. The Morgan fingerprint density at radius 1 is 1.35 bits per heavy atom. The van der Waals surface area contributed by atoms with Crippen molar-refractivity contribution in [2.24, 2.45) is 0 Å². The highest BCUT2D eigenvalue weighted by Crippen LogP contribution is 2.20. The van der Waals surface area contributed by atoms with Crippen molar-refractivity contribution in [1.29, 1.82) is 0 Å². The second-order valence-corrected chi connectivity index (χ2v) is 4.17. The number of nitrogens with one attached hydrogen (secondary N) is 1. The summed E-state index contributed by atoms with van der Waals surface area (Å²) in [7, 11) is 0. The fourth-order valence-corrected chi connectivity index (χ4v) is 1.65. The predicted octanol–water partition coefficient (Wildman–Crippen LogP) is 1.92. The van der Waals surface area contributed by atoms with Crippen molar-refractivity contribution in [3.63, 3.8) is 0 Å². The van der Waals surface area contributed by atoms with Crippen molar-refractivity contribution in [2.45, 2.75) is 13.3 Å². The van der Waals surface area contributed by atoms with Gasteiger partial charge in [0, 0.05) is 5.56 Å². The first-order chi connectivity index (χ1) is 9.61. The lowest BCUT2D eigenvalue weighted by molar-refractivity contribution is 0.0694. The van der Waals surface area contributed by atoms with Gasteiger partial charge in [0.05, 0.1) is 12.3 Å². The second-order valence-electron chi connectivity index (χ2n) is 4.17. The number of H-pyrrole nitrogens is 1. The first kappa shape index (κ1) is 13.8. The molecule has 0 bridgehead atoms. The van der Waals surface area contributed by atoms with Crippen molar-refractivity contribution in [3.8, 4) is 17.0 Å². The van der Waals surface area contributed by atoms with Gasteiger partial charge >= 0.3 is 5.97 Å². The van der Waals surface area contributed by atoms with Crippen LogP contribution in [0.1, 0.15) is 23.7 Å². The third-order valence-electron chi connectivity index (χ3n) is 2.66. The van der Waals surface area contributed by atoms with E-state index in [1.54, 1.807) is 24.3 Å². The minimum Gasteiger partial charge on any atom is -0.494 e. The van der Waals surface area contributed by atoms with Crippen LogP contribution in [0, 0.1) is 0 Å². The van der Waals surface area contributed by atoms with E-state index in [0.29, 0.717) is 17.9 Å². The minimum atomic E-state index is -1.28. The summed E-state index contributed by atoms with van der Waals surface area (Å²) in [6, 6.07) is 8.33. The zero-order valence-corrected chi connectivity index (χ0v) is 10.9. The number of carboxylic acids is 1. The van der Waals surface area contributed by atoms with Gasteiger partial charge in [-0.3, -0.25) is 4.79 Å². The van der Waals surface area contributed by atoms with Crippen LogP contribution in [0.2, 0.25) is 0 Å². The number of rotatable bonds is 5. The van der Waals surface area contributed by atoms with Gasteiger partial charge in [-0.05, 0) is 36.8 Å². The van der Waals surface area contributed by atoms with E-state index in [2.05, 4.69) is 10.2 Å². The smallest absolute Gasteiger partial charge is 0.341 e. The van der Waals surface area contributed by atoms with E-state index < -0.39 is 11.5 Å². The highest BCUT2D eigenvalue weighted by atomic mass is 16.5. The second kappa shape index (κ2) is 6.01. The van der Waals surface area contributed by atoms with Gasteiger partial charge in [-0.15, -0.1) is 0 Å². The zero-order chi connectivity index (χ0) is 14.5. The lowest BCUT2D eigenvalue weighted by Gasteiger charge is -2.06. The highest BCUT2D eigenvalue weighted by Gasteiger charge is 2.11. The molecule has 0 radical (unpaired) electrons. The number of ether oxygens (including phenoxy) is 1. The van der Waals surface area contributed by atoms with Crippen LogP contribution in [0.5, 0.6) is 5.75 Å². The van der Waals surface area contributed by atoms with Gasteiger partial charge < -0.3 is 9.84 Å². The first-order valence-corrected chi connectivity index (χ1v) is 6.18. The van der Waals surface area contributed by atoms with Gasteiger partial charge in [0.15, 0.2) is 0 Å². The number of aromatic nitrogens is 2. The molecule has 0 saturated carbocycles. The van der Waals surface area contributed by atoms with Gasteiger partial charge in [0.25, 0.3) is 5.56 Å². The SMILES string of the molecule is CCCOc1ccc(-c2cc(C(=O)O)c(=O)[nH]n2)cc1. The van der Waals surface area contributed by atoms with Gasteiger partial charge in [0.2, 0.25) is 0 Å². The van der Waals surface area contributed by atoms with Crippen molar-refractivity contribution in [2.75, 3.05) is 6.61 Å². The molecule has 20 heavy (non-hydrogen) atoms. The maximum absolute atomic E-state index is 11.3. The van der Waals surface area contributed by atoms with E-state index in [1.807, 2.05) is 6.92 Å². The number of carboxylic acid groups (broad SMARTS) is 1. The monoisotopic (exact) mass is 274 g/mol. The molecule has 2 aromatic rings. The minimum absolute atomic E-state index is 0.332. The van der Waals surface area contributed by atoms with Gasteiger partial charge in [-0.25, -0.2) is 9.89 Å². The Hall–Kier alpha value is -2.63. The molecule has 1 aromatic carbocycles. The molecule has 0 aliphatic heterocycles. The molecular formula is C14H14N2O4. The molecule has 0 saturated heterocycles. The predicted molar refractivity (Wildman–Crippen MR) is 73.0 cm³/mol. The summed E-state index contributed by atoms with van der Waals surface area (Å²) in [6.07, 6.45) is 0.922. The van der Waals surface area contributed by atoms with E-state index in [9.17, 15) is 9.59 Å². The van der Waals surface area contributed by atoms with E-state index >= 15 is 0 Å². The van der Waals surface area contributed by atoms with Crippen LogP contribution in [-0.2, 0) is 0 Å². The summed E-state index contributed by atoms with van der Waals surface area (Å²) in [4.78, 5) is 22.2. The maximum Gasteiger partial charge on any atom is 0.341 e. The van der Waals surface area contributed by atoms with Crippen LogP contribution in [0.4, 0.5) is 0 Å². The van der Waals surface area contributed by atoms with Gasteiger partial charge in [0.1, 0.15) is 11.3 Å². The summed E-state index contributed by atoms with van der Waals surface area (Å²) >= 11 is 0. The number of benzene rings is 1. The number of nitrogens with zero attached hydrogens (tertiary/aromatic N) is 1. The Balaban J connectivity index is 2.30. The molecule has 0 spiro atoms. The third kappa shape index (κ3) is 3.03. The van der Waals surface area contributed by atoms with Crippen molar-refractivity contribution in [3.05, 3.63) is 46.2 Å². The average molecular weight is 274 g/mol. The number of aromatic amines is 1. The van der Waals surface area contributed by atoms with Crippen LogP contribution >= 0.6 is 0 Å². The summed E-state index contributed by atoms with van der Waals surface area (Å²) in [5, 5.41) is 14.9. The van der Waals surface area contributed by atoms with E-state index in [4.69, 9.17) is 9.84 Å². The number of carbonyl (C=O) groups is 1. The fraction of sp³-hybridized carbons (Fsp3) is 0.214. The van der Waals surface area contributed by atoms with Crippen LogP contribution in [-0.4, -0.2) is 27.9 Å². The molecule has 2 rings (SSSR count). The Labute approximate surface area is 115 Å². The third-order valence-corrected chi connectivity index (χ3v) is 2.66. The van der Waals surface area contributed by atoms with Gasteiger partial charge in [-0.1, -0.05) is 6.92 Å². The lowest BCUT2D eigenvalue weighted by Crippen LogP contribution is -2.18. The molecule has 0 aliphatic carbocycles. The number of aromatic carboxylic acids is 1. The molecule has 0 fully saturated rings. The summed E-state index contributed by atoms with van der Waals surface area (Å²) in [6.45, 7) is 2.66. The summed E-state index contributed by atoms with van der Waals surface area (Å²) in [5.41, 5.74) is 0.0436. The zero-order valence-electron chi connectivity index (χ0n) is 10.9. The van der Waals surface area contributed by atoms with Crippen molar-refractivity contribution < 1.29 is 14.6 Å². The number of hydrogen-bond acceptors (Lipinski definition) is 4. The first-order valence-electron chi connectivity index (χ1n) is 6.18. The molecule has 0 unspecified atom stereocenters. The molecule has 2 N–H and O–H groups in total. The van der Waals surface area contributed by atoms with E-state index in [1.165, 1.54) is 6.07 Å². The molecule has 6 heteroatoms. The fourth-order valence-electron chi connectivity index (χ4n) is 1.65. The Morgan fingerprint density at radius 3 is 2.65 bits per heavy atom. The molecule has 0 atom stereocenters. The molecular weight excluding hydrogens is 260 g/mol. The van der Waals surface area contributed by atoms with E-state index in [0.717, 1.165) is 12.2 Å². The molecule has 1 aromatic heterocycles. The van der Waals surface area contributed by atoms with Crippen LogP contribution in [0.3, 0.4) is 0 Å². The Bertz CT molecular complexity index is 662. The highest BCUT2D eigenvalue weighted by molar-refractivity contribution is 5.88. The van der Waals surface area contributed by atoms with Crippen molar-refractivity contribution in [1.82, 2.24) is 10.2 Å². The average Bonchev–Trinajstić information content (AvgIpc) is 2.46. The lowest BCUT2D eigenvalue weighted by atomic mass is 10.1. The Kier molecular flexibility index (Phi) is 4.14. The quantitative estimate of drug-likeness (QED) is 0.869. The molecule has 6 nitrogen and oxygen atoms in total. The van der Waals surface area contributed by atoms with Crippen LogP contribution in [0.15, 0.2) is 35.1 Å². The normalized spacial score (nSPS) is 10.2. The summed E-state index contributed by atoms with van der Waals surface area (Å²) in [5.74, 6) is -0.545. The van der Waals surface area contributed by atoms with Crippen LogP contribution in [0.25, 0.3) is 11.3 Å². The molecule has 1 heterocycles. The number of hydrogen-bond donors (Lipinski definition) is 2. The maximum atomic E-state index is 11.3. The van der Waals surface area contributed by atoms with Crippen LogP contribution < -0.4 is 10.3 Å². The van der Waals surface area contributed by atoms with Gasteiger partial charge in [-0.2, -0.15) is 5.10 Å². The van der Waals surface area contributed by atoms with E-state index in [-0.39, 0.29) is 5.56 Å². The summed E-state index contributed by atoms with van der Waals surface area (Å²) < 4.78 is 5.45.